The van der Waals surface area contributed by atoms with E-state index in [-0.39, 0.29) is 5.41 Å². The minimum atomic E-state index is -0.0141. The Hall–Kier alpha value is -1.25. The molecule has 0 aromatic carbocycles. The summed E-state index contributed by atoms with van der Waals surface area (Å²) < 4.78 is 0. The molecular weight excluding hydrogens is 243 g/mol. The fourth-order valence-corrected chi connectivity index (χ4v) is 1.83. The van der Waals surface area contributed by atoms with Crippen molar-refractivity contribution in [2.24, 2.45) is 10.8 Å². The predicted octanol–water partition coefficient (Wildman–Crippen LogP) is 3.78. The number of anilines is 1. The summed E-state index contributed by atoms with van der Waals surface area (Å²) in [6.07, 6.45) is 4.67. The molecule has 0 aliphatic heterocycles. The number of hydrogen-bond acceptors (Lipinski definition) is 2. The van der Waals surface area contributed by atoms with Gasteiger partial charge in [-0.25, -0.2) is 0 Å². The Kier molecular flexibility index (Phi) is 5.07. The lowest BCUT2D eigenvalue weighted by atomic mass is 9.78. The zero-order valence-corrected chi connectivity index (χ0v) is 13.8. The van der Waals surface area contributed by atoms with Crippen molar-refractivity contribution in [1.82, 2.24) is 4.98 Å². The average molecular weight is 270 g/mol. The van der Waals surface area contributed by atoms with Gasteiger partial charge in [-0.3, -0.25) is 4.98 Å². The van der Waals surface area contributed by atoms with E-state index in [0.29, 0.717) is 5.41 Å². The predicted molar refractivity (Wildman–Crippen MR) is 90.7 cm³/mol. The van der Waals surface area contributed by atoms with Crippen LogP contribution in [0, 0.1) is 10.8 Å². The van der Waals surface area contributed by atoms with Gasteiger partial charge in [-0.1, -0.05) is 53.6 Å². The van der Waals surface area contributed by atoms with E-state index < -0.39 is 0 Å². The second-order valence-corrected chi connectivity index (χ2v) is 7.61. The Morgan fingerprint density at radius 3 is 2.30 bits per heavy atom. The van der Waals surface area contributed by atoms with Crippen LogP contribution >= 0.6 is 0 Å². The standard InChI is InChI=1S/C17H27BN2/c1-12(17(5,6)7)13-10-19-11-14(15(13)18)20-9-8-16(2,3)4/h10-11,20H,1,8-9H2,2-7H3. The summed E-state index contributed by atoms with van der Waals surface area (Å²) in [6, 6.07) is 0. The summed E-state index contributed by atoms with van der Waals surface area (Å²) in [5, 5.41) is 3.39. The summed E-state index contributed by atoms with van der Waals surface area (Å²) in [5.41, 5.74) is 3.90. The molecule has 0 aliphatic carbocycles. The van der Waals surface area contributed by atoms with Crippen LogP contribution in [0.5, 0.6) is 0 Å². The molecule has 2 nitrogen and oxygen atoms in total. The molecule has 0 bridgehead atoms. The Morgan fingerprint density at radius 1 is 1.20 bits per heavy atom. The number of hydrogen-bond donors (Lipinski definition) is 1. The lowest BCUT2D eigenvalue weighted by molar-refractivity contribution is 0.390. The Morgan fingerprint density at radius 2 is 1.80 bits per heavy atom. The van der Waals surface area contributed by atoms with Crippen LogP contribution < -0.4 is 10.8 Å². The summed E-state index contributed by atoms with van der Waals surface area (Å²) in [5.74, 6) is 0. The molecule has 20 heavy (non-hydrogen) atoms. The highest BCUT2D eigenvalue weighted by Crippen LogP contribution is 2.31. The molecular formula is C17H27BN2. The first kappa shape index (κ1) is 16.8. The van der Waals surface area contributed by atoms with E-state index in [1.165, 1.54) is 0 Å². The lowest BCUT2D eigenvalue weighted by Gasteiger charge is -2.25. The van der Waals surface area contributed by atoms with Crippen LogP contribution in [0.15, 0.2) is 19.0 Å². The van der Waals surface area contributed by atoms with Crippen LogP contribution in [0.3, 0.4) is 0 Å². The second-order valence-electron chi connectivity index (χ2n) is 7.61. The SMILES string of the molecule is [B]c1c(NCCC(C)(C)C)cncc1C(=C)C(C)(C)C. The van der Waals surface area contributed by atoms with Gasteiger partial charge in [0.1, 0.15) is 7.85 Å². The molecule has 0 saturated heterocycles. The average Bonchev–Trinajstić information content (AvgIpc) is 2.28. The van der Waals surface area contributed by atoms with E-state index in [4.69, 9.17) is 7.85 Å². The maximum absolute atomic E-state index is 6.27. The highest BCUT2D eigenvalue weighted by atomic mass is 14.9. The first-order chi connectivity index (χ1) is 9.02. The maximum atomic E-state index is 6.27. The third-order valence-corrected chi connectivity index (χ3v) is 3.41. The third-order valence-electron chi connectivity index (χ3n) is 3.41. The van der Waals surface area contributed by atoms with Gasteiger partial charge in [0, 0.05) is 24.6 Å². The van der Waals surface area contributed by atoms with Crippen LogP contribution in [-0.2, 0) is 0 Å². The zero-order chi connectivity index (χ0) is 15.6. The molecule has 0 amide bonds. The molecule has 2 radical (unpaired) electrons. The Balaban J connectivity index is 2.88. The van der Waals surface area contributed by atoms with E-state index in [1.54, 1.807) is 12.4 Å². The van der Waals surface area contributed by atoms with Gasteiger partial charge in [-0.2, -0.15) is 0 Å². The minimum Gasteiger partial charge on any atom is -0.384 e. The quantitative estimate of drug-likeness (QED) is 0.842. The van der Waals surface area contributed by atoms with Gasteiger partial charge in [-0.15, -0.1) is 0 Å². The van der Waals surface area contributed by atoms with E-state index in [1.807, 2.05) is 0 Å². The van der Waals surface area contributed by atoms with Crippen LogP contribution in [0.1, 0.15) is 53.5 Å². The van der Waals surface area contributed by atoms with Crippen LogP contribution in [0.2, 0.25) is 0 Å². The van der Waals surface area contributed by atoms with Crippen LogP contribution in [0.4, 0.5) is 5.69 Å². The topological polar surface area (TPSA) is 24.9 Å². The monoisotopic (exact) mass is 270 g/mol. The molecule has 1 aromatic rings. The van der Waals surface area contributed by atoms with Crippen molar-refractivity contribution >= 4 is 24.6 Å². The number of allylic oxidation sites excluding steroid dienone is 1. The Labute approximate surface area is 125 Å². The van der Waals surface area contributed by atoms with Crippen LogP contribution in [0.25, 0.3) is 5.57 Å². The zero-order valence-electron chi connectivity index (χ0n) is 13.8. The molecule has 0 fully saturated rings. The van der Waals surface area contributed by atoms with Crippen molar-refractivity contribution in [2.75, 3.05) is 11.9 Å². The van der Waals surface area contributed by atoms with Crippen molar-refractivity contribution in [3.05, 3.63) is 24.5 Å². The molecule has 0 spiro atoms. The summed E-state index contributed by atoms with van der Waals surface area (Å²) in [6.45, 7) is 18.2. The number of rotatable bonds is 4. The van der Waals surface area contributed by atoms with E-state index in [2.05, 4.69) is 58.4 Å². The van der Waals surface area contributed by atoms with Gasteiger partial charge < -0.3 is 5.32 Å². The Bertz CT molecular complexity index is 479. The first-order valence-corrected chi connectivity index (χ1v) is 7.19. The molecule has 0 aliphatic rings. The van der Waals surface area contributed by atoms with E-state index >= 15 is 0 Å². The highest BCUT2D eigenvalue weighted by molar-refractivity contribution is 6.38. The number of nitrogens with zero attached hydrogens (tertiary/aromatic N) is 1. The number of aromatic nitrogens is 1. The van der Waals surface area contributed by atoms with Crippen molar-refractivity contribution in [3.63, 3.8) is 0 Å². The second kappa shape index (κ2) is 6.03. The molecule has 1 N–H and O–H groups in total. The summed E-state index contributed by atoms with van der Waals surface area (Å²) in [7, 11) is 6.27. The lowest BCUT2D eigenvalue weighted by Crippen LogP contribution is -2.22. The number of pyridine rings is 1. The first-order valence-electron chi connectivity index (χ1n) is 7.19. The van der Waals surface area contributed by atoms with E-state index in [9.17, 15) is 0 Å². The fourth-order valence-electron chi connectivity index (χ4n) is 1.83. The largest absolute Gasteiger partial charge is 0.384 e. The summed E-state index contributed by atoms with van der Waals surface area (Å²) in [4.78, 5) is 4.29. The molecule has 0 saturated carbocycles. The van der Waals surface area contributed by atoms with Crippen molar-refractivity contribution < 1.29 is 0 Å². The maximum Gasteiger partial charge on any atom is 0.117 e. The van der Waals surface area contributed by atoms with Crippen molar-refractivity contribution in [3.8, 4) is 0 Å². The molecule has 1 aromatic heterocycles. The molecule has 1 heterocycles. The van der Waals surface area contributed by atoms with Crippen molar-refractivity contribution in [1.29, 1.82) is 0 Å². The van der Waals surface area contributed by atoms with Gasteiger partial charge in [0.15, 0.2) is 0 Å². The van der Waals surface area contributed by atoms with Gasteiger partial charge in [-0.05, 0) is 28.4 Å². The molecule has 0 unspecified atom stereocenters. The van der Waals surface area contributed by atoms with Gasteiger partial charge in [0.2, 0.25) is 0 Å². The van der Waals surface area contributed by atoms with Gasteiger partial charge in [0.05, 0.1) is 0 Å². The number of nitrogens with one attached hydrogen (secondary N) is 1. The van der Waals surface area contributed by atoms with Gasteiger partial charge in [0.25, 0.3) is 0 Å². The molecule has 108 valence electrons. The normalized spacial score (nSPS) is 12.3. The smallest absolute Gasteiger partial charge is 0.117 e. The van der Waals surface area contributed by atoms with Crippen LogP contribution in [-0.4, -0.2) is 19.4 Å². The fraction of sp³-hybridized carbons (Fsp3) is 0.588. The van der Waals surface area contributed by atoms with E-state index in [0.717, 1.165) is 35.3 Å². The molecule has 0 atom stereocenters. The molecule has 1 rings (SSSR count). The minimum absolute atomic E-state index is 0.0141. The third kappa shape index (κ3) is 4.70. The highest BCUT2D eigenvalue weighted by Gasteiger charge is 2.19. The van der Waals surface area contributed by atoms with Gasteiger partial charge >= 0.3 is 0 Å². The molecule has 3 heteroatoms. The van der Waals surface area contributed by atoms with Crippen molar-refractivity contribution in [2.45, 2.75) is 48.0 Å². The summed E-state index contributed by atoms with van der Waals surface area (Å²) >= 11 is 0.